The lowest BCUT2D eigenvalue weighted by Crippen LogP contribution is -2.79. The van der Waals surface area contributed by atoms with Gasteiger partial charge in [-0.15, -0.1) is 0 Å². The quantitative estimate of drug-likeness (QED) is 0.114. The largest absolute Gasteiger partial charge is 0.508 e. The van der Waals surface area contributed by atoms with Crippen LogP contribution in [-0.4, -0.2) is 86.5 Å². The Bertz CT molecular complexity index is 1590. The zero-order valence-electron chi connectivity index (χ0n) is 23.2. The van der Waals surface area contributed by atoms with Gasteiger partial charge in [0.25, 0.3) is 5.91 Å². The molecular formula is C29H32N2O12. The lowest BCUT2D eigenvalue weighted by Gasteiger charge is -2.51. The minimum Gasteiger partial charge on any atom is -0.508 e. The number of phenols is 1. The fourth-order valence-corrected chi connectivity index (χ4v) is 4.81. The van der Waals surface area contributed by atoms with Crippen LogP contribution < -0.4 is 21.2 Å². The van der Waals surface area contributed by atoms with E-state index in [9.17, 15) is 44.7 Å². The molecular weight excluding hydrogens is 568 g/mol. The highest BCUT2D eigenvalue weighted by Crippen LogP contribution is 2.39. The normalized spacial score (nSPS) is 25.5. The average molecular weight is 601 g/mol. The number of rotatable bonds is 11. The highest BCUT2D eigenvalue weighted by atomic mass is 16.7. The van der Waals surface area contributed by atoms with E-state index in [2.05, 4.69) is 5.32 Å². The number of phenolic OH excluding ortho intramolecular Hbond substituents is 1. The van der Waals surface area contributed by atoms with Crippen LogP contribution in [-0.2, 0) is 14.3 Å². The maximum atomic E-state index is 13.4. The molecule has 230 valence electrons. The Balaban J connectivity index is 1.78. The number of aromatic hydroxyl groups is 1. The van der Waals surface area contributed by atoms with Crippen molar-refractivity contribution in [3.63, 3.8) is 0 Å². The molecule has 0 radical (unpaired) electrons. The van der Waals surface area contributed by atoms with Crippen LogP contribution in [0, 0.1) is 5.92 Å². The van der Waals surface area contributed by atoms with E-state index in [1.807, 2.05) is 13.8 Å². The van der Waals surface area contributed by atoms with Gasteiger partial charge in [0.15, 0.2) is 23.6 Å². The SMILES string of the molecule is CC(C)CCNC[C@@]1(O)[C@H](Oc2ccc3c(=O)c(-c4ccc(O)cc4)c(C(N)=O)oc3c2)O[C@H](C(=O)O)[C@@H](O)[C@@]1(O)C=O. The summed E-state index contributed by atoms with van der Waals surface area (Å²) in [5, 5.41) is 55.4. The van der Waals surface area contributed by atoms with Crippen LogP contribution >= 0.6 is 0 Å². The number of aliphatic carboxylic acids is 1. The first kappa shape index (κ1) is 31.6. The van der Waals surface area contributed by atoms with Gasteiger partial charge >= 0.3 is 5.97 Å². The molecule has 8 N–H and O–H groups in total. The molecule has 0 bridgehead atoms. The van der Waals surface area contributed by atoms with Gasteiger partial charge in [-0.25, -0.2) is 4.79 Å². The number of ether oxygens (including phenoxy) is 2. The zero-order chi connectivity index (χ0) is 31.7. The molecule has 2 heterocycles. The van der Waals surface area contributed by atoms with Crippen molar-refractivity contribution in [2.45, 2.75) is 50.0 Å². The Morgan fingerprint density at radius 2 is 1.84 bits per heavy atom. The monoisotopic (exact) mass is 600 g/mol. The molecule has 3 aromatic rings. The van der Waals surface area contributed by atoms with Crippen LogP contribution in [0.1, 0.15) is 30.8 Å². The van der Waals surface area contributed by atoms with Crippen molar-refractivity contribution in [1.82, 2.24) is 5.32 Å². The fourth-order valence-electron chi connectivity index (χ4n) is 4.81. The highest BCUT2D eigenvalue weighted by Gasteiger charge is 2.67. The summed E-state index contributed by atoms with van der Waals surface area (Å²) in [5.74, 6) is -3.31. The van der Waals surface area contributed by atoms with Gasteiger partial charge in [-0.1, -0.05) is 26.0 Å². The molecule has 43 heavy (non-hydrogen) atoms. The molecule has 0 saturated carbocycles. The number of amides is 1. The molecule has 1 aliphatic heterocycles. The number of nitrogens with one attached hydrogen (secondary N) is 1. The molecule has 1 aliphatic rings. The molecule has 5 atom stereocenters. The minimum absolute atomic E-state index is 0.0150. The Morgan fingerprint density at radius 3 is 2.42 bits per heavy atom. The molecule has 0 unspecified atom stereocenters. The number of aliphatic hydroxyl groups is 3. The lowest BCUT2D eigenvalue weighted by atomic mass is 9.74. The summed E-state index contributed by atoms with van der Waals surface area (Å²) in [6, 6.07) is 9.08. The highest BCUT2D eigenvalue weighted by molar-refractivity contribution is 5.99. The van der Waals surface area contributed by atoms with E-state index in [0.29, 0.717) is 13.0 Å². The molecule has 14 heteroatoms. The summed E-state index contributed by atoms with van der Waals surface area (Å²) in [4.78, 5) is 49.6. The molecule has 0 aliphatic carbocycles. The van der Waals surface area contributed by atoms with Crippen LogP contribution in [0.4, 0.5) is 0 Å². The lowest BCUT2D eigenvalue weighted by molar-refractivity contribution is -0.334. The van der Waals surface area contributed by atoms with Crippen LogP contribution in [0.3, 0.4) is 0 Å². The second-order valence-corrected chi connectivity index (χ2v) is 10.7. The van der Waals surface area contributed by atoms with E-state index in [0.717, 1.165) is 6.07 Å². The standard InChI is InChI=1S/C29H32N2O12/c1-14(2)9-10-31-12-28(39)27(43-23(26(37)38)24(35)29(28,40)13-32)41-17-7-8-18-19(11-17)42-22(25(30)36)20(21(18)34)15-3-5-16(33)6-4-15/h3-8,11,13-14,23-24,27,31,33,35,39-40H,9-10,12H2,1-2H3,(H2,30,36)(H,37,38)/t23-,24+,27+,28+,29-/m0/s1. The Kier molecular flexibility index (Phi) is 8.89. The summed E-state index contributed by atoms with van der Waals surface area (Å²) >= 11 is 0. The number of hydrogen-bond acceptors (Lipinski definition) is 12. The van der Waals surface area contributed by atoms with Crippen LogP contribution in [0.2, 0.25) is 0 Å². The van der Waals surface area contributed by atoms with Crippen LogP contribution in [0.15, 0.2) is 51.7 Å². The Labute approximate surface area is 244 Å². The second-order valence-electron chi connectivity index (χ2n) is 10.7. The van der Waals surface area contributed by atoms with Gasteiger partial charge in [-0.05, 0) is 48.7 Å². The summed E-state index contributed by atoms with van der Waals surface area (Å²) in [5.41, 5.74) is -1.01. The van der Waals surface area contributed by atoms with Gasteiger partial charge in [0.05, 0.1) is 10.9 Å². The van der Waals surface area contributed by atoms with E-state index in [-0.39, 0.29) is 45.8 Å². The number of aliphatic hydroxyl groups excluding tert-OH is 1. The summed E-state index contributed by atoms with van der Waals surface area (Å²) in [7, 11) is 0. The zero-order valence-corrected chi connectivity index (χ0v) is 23.2. The van der Waals surface area contributed by atoms with E-state index in [4.69, 9.17) is 19.6 Å². The van der Waals surface area contributed by atoms with Crippen LogP contribution in [0.5, 0.6) is 11.5 Å². The number of benzene rings is 2. The maximum Gasteiger partial charge on any atom is 0.335 e. The number of aldehydes is 1. The molecule has 1 saturated heterocycles. The van der Waals surface area contributed by atoms with E-state index >= 15 is 0 Å². The van der Waals surface area contributed by atoms with Crippen molar-refractivity contribution in [3.05, 3.63) is 58.4 Å². The molecule has 1 fully saturated rings. The number of primary amides is 1. The predicted octanol–water partition coefficient (Wildman–Crippen LogP) is 0.110. The van der Waals surface area contributed by atoms with Crippen molar-refractivity contribution in [2.75, 3.05) is 13.1 Å². The van der Waals surface area contributed by atoms with Crippen molar-refractivity contribution in [3.8, 4) is 22.6 Å². The van der Waals surface area contributed by atoms with E-state index in [1.54, 1.807) is 0 Å². The molecule has 1 aromatic heterocycles. The molecule has 4 rings (SSSR count). The first-order valence-corrected chi connectivity index (χ1v) is 13.3. The van der Waals surface area contributed by atoms with Gasteiger partial charge in [-0.3, -0.25) is 14.4 Å². The summed E-state index contributed by atoms with van der Waals surface area (Å²) < 4.78 is 16.8. The number of fused-ring (bicyclic) bond motifs is 1. The molecule has 0 spiro atoms. The molecule has 2 aromatic carbocycles. The Morgan fingerprint density at radius 1 is 1.16 bits per heavy atom. The van der Waals surface area contributed by atoms with Crippen molar-refractivity contribution < 1.29 is 53.8 Å². The van der Waals surface area contributed by atoms with Crippen molar-refractivity contribution in [2.24, 2.45) is 11.7 Å². The number of carboxylic acids is 1. The first-order chi connectivity index (χ1) is 20.2. The third-order valence-electron chi connectivity index (χ3n) is 7.29. The third kappa shape index (κ3) is 5.83. The van der Waals surface area contributed by atoms with Crippen LogP contribution in [0.25, 0.3) is 22.1 Å². The van der Waals surface area contributed by atoms with Crippen molar-refractivity contribution >= 4 is 29.1 Å². The Hall–Kier alpha value is -4.34. The van der Waals surface area contributed by atoms with Gasteiger partial charge < -0.3 is 50.5 Å². The smallest absolute Gasteiger partial charge is 0.335 e. The predicted molar refractivity (Wildman–Crippen MR) is 149 cm³/mol. The molecule has 14 nitrogen and oxygen atoms in total. The topological polar surface area (TPSA) is 239 Å². The number of carbonyl (C=O) groups is 3. The maximum absolute atomic E-state index is 13.4. The number of nitrogens with two attached hydrogens (primary N) is 1. The second kappa shape index (κ2) is 12.1. The minimum atomic E-state index is -3.05. The summed E-state index contributed by atoms with van der Waals surface area (Å²) in [6.07, 6.45) is -6.12. The number of hydrogen-bond donors (Lipinski definition) is 7. The van der Waals surface area contributed by atoms with Crippen molar-refractivity contribution in [1.29, 1.82) is 0 Å². The third-order valence-corrected chi connectivity index (χ3v) is 7.29. The van der Waals surface area contributed by atoms with E-state index < -0.39 is 59.3 Å². The number of carbonyl (C=O) groups excluding carboxylic acids is 2. The fraction of sp³-hybridized carbons (Fsp3) is 0.379. The van der Waals surface area contributed by atoms with Gasteiger partial charge in [0, 0.05) is 12.6 Å². The average Bonchev–Trinajstić information content (AvgIpc) is 2.95. The van der Waals surface area contributed by atoms with Gasteiger partial charge in [0.2, 0.25) is 17.5 Å². The first-order valence-electron chi connectivity index (χ1n) is 13.3. The summed E-state index contributed by atoms with van der Waals surface area (Å²) in [6.45, 7) is 3.66. The van der Waals surface area contributed by atoms with Gasteiger partial charge in [0.1, 0.15) is 23.2 Å². The molecule has 1 amide bonds. The van der Waals surface area contributed by atoms with E-state index in [1.165, 1.54) is 36.4 Å². The van der Waals surface area contributed by atoms with Gasteiger partial charge in [-0.2, -0.15) is 0 Å². The number of carboxylic acid groups (broad SMARTS) is 1.